The normalized spacial score (nSPS) is 12.2. The van der Waals surface area contributed by atoms with Crippen LogP contribution in [0.25, 0.3) is 0 Å². The van der Waals surface area contributed by atoms with Gasteiger partial charge in [0, 0.05) is 6.20 Å². The molecule has 1 N–H and O–H groups in total. The fourth-order valence-electron chi connectivity index (χ4n) is 1.56. The van der Waals surface area contributed by atoms with Crippen LogP contribution in [0.5, 0.6) is 5.75 Å². The fourth-order valence-corrected chi connectivity index (χ4v) is 2.49. The van der Waals surface area contributed by atoms with E-state index in [2.05, 4.69) is 4.98 Å². The second-order valence-electron chi connectivity index (χ2n) is 3.86. The van der Waals surface area contributed by atoms with Crippen molar-refractivity contribution in [1.82, 2.24) is 4.98 Å². The maximum Gasteiger partial charge on any atom is 0.132 e. The van der Waals surface area contributed by atoms with Crippen molar-refractivity contribution in [3.05, 3.63) is 48.2 Å². The molecule has 0 fully saturated rings. The van der Waals surface area contributed by atoms with Gasteiger partial charge in [-0.05, 0) is 36.8 Å². The number of aliphatic hydroxyl groups excluding tert-OH is 1. The van der Waals surface area contributed by atoms with E-state index in [1.807, 2.05) is 36.4 Å². The summed E-state index contributed by atoms with van der Waals surface area (Å²) < 4.78 is 5.30. The van der Waals surface area contributed by atoms with Crippen LogP contribution in [0.15, 0.2) is 52.5 Å². The highest BCUT2D eigenvalue weighted by Gasteiger charge is 2.07. The molecular formula is C14H15NO2S. The molecule has 0 aliphatic rings. The van der Waals surface area contributed by atoms with Crippen molar-refractivity contribution >= 4 is 11.8 Å². The minimum Gasteiger partial charge on any atom is -0.496 e. The average molecular weight is 261 g/mol. The Labute approximate surface area is 111 Å². The third-order valence-electron chi connectivity index (χ3n) is 2.52. The summed E-state index contributed by atoms with van der Waals surface area (Å²) >= 11 is 1.52. The number of benzene rings is 1. The monoisotopic (exact) mass is 261 g/mol. The third kappa shape index (κ3) is 3.03. The molecule has 1 aromatic heterocycles. The highest BCUT2D eigenvalue weighted by atomic mass is 32.2. The topological polar surface area (TPSA) is 42.4 Å². The zero-order valence-corrected chi connectivity index (χ0v) is 11.1. The molecule has 1 unspecified atom stereocenters. The van der Waals surface area contributed by atoms with Crippen LogP contribution >= 0.6 is 11.8 Å². The Morgan fingerprint density at radius 3 is 2.78 bits per heavy atom. The van der Waals surface area contributed by atoms with Crippen LogP contribution in [-0.2, 0) is 0 Å². The van der Waals surface area contributed by atoms with E-state index in [0.717, 1.165) is 21.2 Å². The Bertz CT molecular complexity index is 529. The summed E-state index contributed by atoms with van der Waals surface area (Å²) in [6.45, 7) is 1.74. The largest absolute Gasteiger partial charge is 0.496 e. The molecule has 0 bridgehead atoms. The van der Waals surface area contributed by atoms with Gasteiger partial charge in [-0.1, -0.05) is 23.9 Å². The lowest BCUT2D eigenvalue weighted by Crippen LogP contribution is -1.92. The van der Waals surface area contributed by atoms with Crippen molar-refractivity contribution in [1.29, 1.82) is 0 Å². The molecule has 3 nitrogen and oxygen atoms in total. The number of aliphatic hydroxyl groups is 1. The molecule has 1 aromatic carbocycles. The van der Waals surface area contributed by atoms with E-state index in [0.29, 0.717) is 0 Å². The molecule has 0 saturated heterocycles. The van der Waals surface area contributed by atoms with Crippen LogP contribution in [0.2, 0.25) is 0 Å². The SMILES string of the molecule is COc1ccccc1Sc1cc(C(C)O)ccn1. The second kappa shape index (κ2) is 5.89. The van der Waals surface area contributed by atoms with Crippen molar-refractivity contribution in [3.8, 4) is 5.75 Å². The minimum absolute atomic E-state index is 0.481. The van der Waals surface area contributed by atoms with Gasteiger partial charge >= 0.3 is 0 Å². The van der Waals surface area contributed by atoms with Crippen molar-refractivity contribution < 1.29 is 9.84 Å². The fraction of sp³-hybridized carbons (Fsp3) is 0.214. The molecule has 0 spiro atoms. The Balaban J connectivity index is 2.25. The number of ether oxygens (including phenoxy) is 1. The lowest BCUT2D eigenvalue weighted by Gasteiger charge is -2.09. The zero-order chi connectivity index (χ0) is 13.0. The molecule has 2 aromatic rings. The van der Waals surface area contributed by atoms with Gasteiger partial charge in [-0.25, -0.2) is 4.98 Å². The van der Waals surface area contributed by atoms with Gasteiger partial charge in [0.15, 0.2) is 0 Å². The molecule has 1 atom stereocenters. The van der Waals surface area contributed by atoms with Gasteiger partial charge in [-0.2, -0.15) is 0 Å². The first-order chi connectivity index (χ1) is 8.70. The molecule has 94 valence electrons. The van der Waals surface area contributed by atoms with Crippen LogP contribution in [0.1, 0.15) is 18.6 Å². The van der Waals surface area contributed by atoms with E-state index in [4.69, 9.17) is 4.74 Å². The number of pyridine rings is 1. The summed E-state index contributed by atoms with van der Waals surface area (Å²) in [7, 11) is 1.65. The van der Waals surface area contributed by atoms with Crippen LogP contribution in [0.4, 0.5) is 0 Å². The standard InChI is InChI=1S/C14H15NO2S/c1-10(16)11-7-8-15-14(9-11)18-13-6-4-3-5-12(13)17-2/h3-10,16H,1-2H3. The first kappa shape index (κ1) is 12.9. The molecule has 2 rings (SSSR count). The minimum atomic E-state index is -0.481. The summed E-state index contributed by atoms with van der Waals surface area (Å²) in [5, 5.41) is 10.4. The zero-order valence-electron chi connectivity index (χ0n) is 10.3. The molecule has 0 aliphatic heterocycles. The molecule has 0 radical (unpaired) electrons. The van der Waals surface area contributed by atoms with Crippen molar-refractivity contribution in [2.24, 2.45) is 0 Å². The van der Waals surface area contributed by atoms with E-state index in [-0.39, 0.29) is 0 Å². The molecule has 0 saturated carbocycles. The number of nitrogens with zero attached hydrogens (tertiary/aromatic N) is 1. The number of hydrogen-bond donors (Lipinski definition) is 1. The van der Waals surface area contributed by atoms with E-state index in [9.17, 15) is 5.11 Å². The van der Waals surface area contributed by atoms with Crippen molar-refractivity contribution in [2.75, 3.05) is 7.11 Å². The predicted molar refractivity (Wildman–Crippen MR) is 72.0 cm³/mol. The summed E-state index contributed by atoms with van der Waals surface area (Å²) in [6.07, 6.45) is 1.23. The molecular weight excluding hydrogens is 246 g/mol. The summed E-state index contributed by atoms with van der Waals surface area (Å²) in [6, 6.07) is 11.5. The van der Waals surface area contributed by atoms with Gasteiger partial charge in [-0.15, -0.1) is 0 Å². The quantitative estimate of drug-likeness (QED) is 0.917. The summed E-state index contributed by atoms with van der Waals surface area (Å²) in [5.41, 5.74) is 0.863. The van der Waals surface area contributed by atoms with Crippen LogP contribution in [-0.4, -0.2) is 17.2 Å². The van der Waals surface area contributed by atoms with Gasteiger partial charge in [-0.3, -0.25) is 0 Å². The second-order valence-corrected chi connectivity index (χ2v) is 4.92. The van der Waals surface area contributed by atoms with Crippen LogP contribution < -0.4 is 4.74 Å². The van der Waals surface area contributed by atoms with Gasteiger partial charge in [0.2, 0.25) is 0 Å². The first-order valence-corrected chi connectivity index (χ1v) is 6.47. The third-order valence-corrected chi connectivity index (χ3v) is 3.51. The number of hydrogen-bond acceptors (Lipinski definition) is 4. The smallest absolute Gasteiger partial charge is 0.132 e. The Kier molecular flexibility index (Phi) is 4.23. The summed E-state index contributed by atoms with van der Waals surface area (Å²) in [5.74, 6) is 0.826. The molecule has 4 heteroatoms. The Morgan fingerprint density at radius 2 is 2.06 bits per heavy atom. The average Bonchev–Trinajstić information content (AvgIpc) is 2.39. The van der Waals surface area contributed by atoms with Gasteiger partial charge in [0.05, 0.1) is 18.1 Å². The molecule has 0 aliphatic carbocycles. The highest BCUT2D eigenvalue weighted by Crippen LogP contribution is 2.34. The Morgan fingerprint density at radius 1 is 1.28 bits per heavy atom. The lowest BCUT2D eigenvalue weighted by molar-refractivity contribution is 0.199. The van der Waals surface area contributed by atoms with Gasteiger partial charge in [0.1, 0.15) is 10.8 Å². The van der Waals surface area contributed by atoms with E-state index in [1.54, 1.807) is 20.2 Å². The molecule has 1 heterocycles. The number of methoxy groups -OCH3 is 1. The maximum absolute atomic E-state index is 9.55. The van der Waals surface area contributed by atoms with E-state index < -0.39 is 6.10 Å². The predicted octanol–water partition coefficient (Wildman–Crippen LogP) is 3.29. The van der Waals surface area contributed by atoms with E-state index in [1.165, 1.54) is 11.8 Å². The number of rotatable bonds is 4. The number of para-hydroxylation sites is 1. The highest BCUT2D eigenvalue weighted by molar-refractivity contribution is 7.99. The first-order valence-electron chi connectivity index (χ1n) is 5.65. The molecule has 0 amide bonds. The van der Waals surface area contributed by atoms with Crippen molar-refractivity contribution in [3.63, 3.8) is 0 Å². The molecule has 18 heavy (non-hydrogen) atoms. The maximum atomic E-state index is 9.55. The lowest BCUT2D eigenvalue weighted by atomic mass is 10.2. The summed E-state index contributed by atoms with van der Waals surface area (Å²) in [4.78, 5) is 5.30. The van der Waals surface area contributed by atoms with E-state index >= 15 is 0 Å². The number of aromatic nitrogens is 1. The van der Waals surface area contributed by atoms with Gasteiger partial charge < -0.3 is 9.84 Å². The van der Waals surface area contributed by atoms with Gasteiger partial charge in [0.25, 0.3) is 0 Å². The van der Waals surface area contributed by atoms with Crippen LogP contribution in [0.3, 0.4) is 0 Å². The van der Waals surface area contributed by atoms with Crippen molar-refractivity contribution in [2.45, 2.75) is 22.9 Å². The Hall–Kier alpha value is -1.52. The van der Waals surface area contributed by atoms with Crippen LogP contribution in [0, 0.1) is 0 Å².